The largest absolute Gasteiger partial charge is 0.384 e. The fourth-order valence-corrected chi connectivity index (χ4v) is 2.62. The molecule has 0 saturated carbocycles. The Morgan fingerprint density at radius 1 is 1.28 bits per heavy atom. The van der Waals surface area contributed by atoms with E-state index in [1.165, 1.54) is 19.4 Å². The quantitative estimate of drug-likeness (QED) is 0.811. The fraction of sp³-hybridized carbons (Fsp3) is 0.643. The molecule has 0 aromatic carbocycles. The second-order valence-corrected chi connectivity index (χ2v) is 4.80. The molecule has 4 heteroatoms. The first-order chi connectivity index (χ1) is 8.83. The number of rotatable bonds is 6. The molecular weight excluding hydrogens is 224 g/mol. The molecule has 1 aromatic heterocycles. The van der Waals surface area contributed by atoms with Crippen LogP contribution in [0.2, 0.25) is 0 Å². The molecule has 1 aromatic rings. The maximum absolute atomic E-state index is 4.25. The van der Waals surface area contributed by atoms with Crippen LogP contribution in [0.5, 0.6) is 0 Å². The van der Waals surface area contributed by atoms with Gasteiger partial charge in [-0.05, 0) is 38.9 Å². The Labute approximate surface area is 110 Å². The highest BCUT2D eigenvalue weighted by atomic mass is 15.2. The van der Waals surface area contributed by atoms with Crippen molar-refractivity contribution in [2.45, 2.75) is 32.7 Å². The van der Waals surface area contributed by atoms with Gasteiger partial charge in [0.1, 0.15) is 0 Å². The second-order valence-electron chi connectivity index (χ2n) is 4.80. The summed E-state index contributed by atoms with van der Waals surface area (Å²) in [5.74, 6) is 0. The predicted octanol–water partition coefficient (Wildman–Crippen LogP) is 2.41. The minimum atomic E-state index is 0.679. The molecule has 1 fully saturated rings. The molecular formula is C14H24N4. The van der Waals surface area contributed by atoms with Crippen LogP contribution in [-0.4, -0.2) is 42.1 Å². The van der Waals surface area contributed by atoms with Crippen molar-refractivity contribution in [3.05, 3.63) is 18.5 Å². The Kier molecular flexibility index (Phi) is 4.81. The van der Waals surface area contributed by atoms with Crippen LogP contribution < -0.4 is 10.6 Å². The molecule has 2 N–H and O–H groups in total. The molecule has 4 nitrogen and oxygen atoms in total. The van der Waals surface area contributed by atoms with Gasteiger partial charge in [-0.1, -0.05) is 6.92 Å². The van der Waals surface area contributed by atoms with Crippen LogP contribution in [0.3, 0.4) is 0 Å². The molecule has 0 spiro atoms. The Hall–Kier alpha value is -1.29. The van der Waals surface area contributed by atoms with E-state index in [1.807, 2.05) is 12.4 Å². The van der Waals surface area contributed by atoms with Gasteiger partial charge in [0.25, 0.3) is 0 Å². The summed E-state index contributed by atoms with van der Waals surface area (Å²) >= 11 is 0. The van der Waals surface area contributed by atoms with Crippen molar-refractivity contribution in [2.24, 2.45) is 0 Å². The van der Waals surface area contributed by atoms with E-state index in [0.717, 1.165) is 31.0 Å². The molecule has 0 bridgehead atoms. The van der Waals surface area contributed by atoms with Crippen LogP contribution in [0.25, 0.3) is 0 Å². The minimum absolute atomic E-state index is 0.679. The summed E-state index contributed by atoms with van der Waals surface area (Å²) in [6.45, 7) is 8.69. The molecule has 2 rings (SSSR count). The monoisotopic (exact) mass is 248 g/mol. The van der Waals surface area contributed by atoms with E-state index in [1.54, 1.807) is 0 Å². The number of hydrogen-bond donors (Lipinski definition) is 2. The number of nitrogens with zero attached hydrogens (tertiary/aromatic N) is 2. The zero-order valence-corrected chi connectivity index (χ0v) is 11.4. The SMILES string of the molecule is CCNc1cncc(NCC2CCCN2CC)c1. The van der Waals surface area contributed by atoms with Crippen LogP contribution in [0, 0.1) is 0 Å². The van der Waals surface area contributed by atoms with Crippen molar-refractivity contribution in [1.29, 1.82) is 0 Å². The minimum Gasteiger partial charge on any atom is -0.384 e. The van der Waals surface area contributed by atoms with E-state index in [0.29, 0.717) is 6.04 Å². The average Bonchev–Trinajstić information content (AvgIpc) is 2.84. The summed E-state index contributed by atoms with van der Waals surface area (Å²) in [6.07, 6.45) is 6.39. The lowest BCUT2D eigenvalue weighted by Crippen LogP contribution is -2.34. The molecule has 18 heavy (non-hydrogen) atoms. The Morgan fingerprint density at radius 3 is 2.78 bits per heavy atom. The Balaban J connectivity index is 1.87. The summed E-state index contributed by atoms with van der Waals surface area (Å²) < 4.78 is 0. The maximum atomic E-state index is 4.25. The number of anilines is 2. The predicted molar refractivity (Wildman–Crippen MR) is 77.2 cm³/mol. The Bertz CT molecular complexity index is 367. The second kappa shape index (κ2) is 6.59. The van der Waals surface area contributed by atoms with Gasteiger partial charge >= 0.3 is 0 Å². The van der Waals surface area contributed by atoms with Gasteiger partial charge in [-0.25, -0.2) is 0 Å². The van der Waals surface area contributed by atoms with Crippen molar-refractivity contribution < 1.29 is 0 Å². The third-order valence-corrected chi connectivity index (χ3v) is 3.57. The third-order valence-electron chi connectivity index (χ3n) is 3.57. The fourth-order valence-electron chi connectivity index (χ4n) is 2.62. The molecule has 1 aliphatic heterocycles. The summed E-state index contributed by atoms with van der Waals surface area (Å²) in [6, 6.07) is 2.81. The summed E-state index contributed by atoms with van der Waals surface area (Å²) in [5.41, 5.74) is 2.19. The Morgan fingerprint density at radius 2 is 2.06 bits per heavy atom. The molecule has 0 amide bonds. The van der Waals surface area contributed by atoms with Crippen molar-refractivity contribution in [2.75, 3.05) is 36.8 Å². The van der Waals surface area contributed by atoms with Crippen LogP contribution in [0.15, 0.2) is 18.5 Å². The number of aromatic nitrogens is 1. The number of likely N-dealkylation sites (N-methyl/N-ethyl adjacent to an activating group) is 1. The first-order valence-corrected chi connectivity index (χ1v) is 7.00. The van der Waals surface area contributed by atoms with Gasteiger partial charge in [-0.2, -0.15) is 0 Å². The summed E-state index contributed by atoms with van der Waals surface area (Å²) in [4.78, 5) is 6.80. The molecule has 1 unspecified atom stereocenters. The van der Waals surface area contributed by atoms with Gasteiger partial charge in [0.15, 0.2) is 0 Å². The molecule has 1 aliphatic rings. The number of pyridine rings is 1. The zero-order valence-electron chi connectivity index (χ0n) is 11.4. The van der Waals surface area contributed by atoms with Crippen molar-refractivity contribution in [3.63, 3.8) is 0 Å². The third kappa shape index (κ3) is 3.35. The molecule has 1 saturated heterocycles. The van der Waals surface area contributed by atoms with Crippen LogP contribution in [0.4, 0.5) is 11.4 Å². The van der Waals surface area contributed by atoms with E-state index in [2.05, 4.69) is 40.4 Å². The molecule has 100 valence electrons. The first kappa shape index (κ1) is 13.1. The lowest BCUT2D eigenvalue weighted by atomic mass is 10.2. The smallest absolute Gasteiger partial charge is 0.0548 e. The van der Waals surface area contributed by atoms with Crippen LogP contribution >= 0.6 is 0 Å². The van der Waals surface area contributed by atoms with Gasteiger partial charge in [0.05, 0.1) is 23.8 Å². The lowest BCUT2D eigenvalue weighted by molar-refractivity contribution is 0.277. The van der Waals surface area contributed by atoms with E-state index < -0.39 is 0 Å². The van der Waals surface area contributed by atoms with Gasteiger partial charge in [0, 0.05) is 19.1 Å². The lowest BCUT2D eigenvalue weighted by Gasteiger charge is -2.23. The average molecular weight is 248 g/mol. The summed E-state index contributed by atoms with van der Waals surface area (Å²) in [7, 11) is 0. The number of hydrogen-bond acceptors (Lipinski definition) is 4. The topological polar surface area (TPSA) is 40.2 Å². The van der Waals surface area contributed by atoms with E-state index in [4.69, 9.17) is 0 Å². The van der Waals surface area contributed by atoms with Crippen molar-refractivity contribution in [1.82, 2.24) is 9.88 Å². The van der Waals surface area contributed by atoms with Gasteiger partial charge < -0.3 is 10.6 Å². The van der Waals surface area contributed by atoms with E-state index in [-0.39, 0.29) is 0 Å². The van der Waals surface area contributed by atoms with Crippen molar-refractivity contribution in [3.8, 4) is 0 Å². The van der Waals surface area contributed by atoms with Gasteiger partial charge in [-0.15, -0.1) is 0 Å². The highest BCUT2D eigenvalue weighted by molar-refractivity contribution is 5.53. The normalized spacial score (nSPS) is 20.0. The highest BCUT2D eigenvalue weighted by Gasteiger charge is 2.22. The molecule has 0 radical (unpaired) electrons. The maximum Gasteiger partial charge on any atom is 0.0548 e. The van der Waals surface area contributed by atoms with E-state index in [9.17, 15) is 0 Å². The first-order valence-electron chi connectivity index (χ1n) is 7.00. The standard InChI is InChI=1S/C14H24N4/c1-3-16-12-8-13(10-15-9-12)17-11-14-6-5-7-18(14)4-2/h8-10,14,16-17H,3-7,11H2,1-2H3. The zero-order chi connectivity index (χ0) is 12.8. The molecule has 1 atom stereocenters. The van der Waals surface area contributed by atoms with Gasteiger partial charge in [-0.3, -0.25) is 9.88 Å². The molecule has 2 heterocycles. The number of likely N-dealkylation sites (tertiary alicyclic amines) is 1. The summed E-state index contributed by atoms with van der Waals surface area (Å²) in [5, 5.41) is 6.79. The number of nitrogens with one attached hydrogen (secondary N) is 2. The highest BCUT2D eigenvalue weighted by Crippen LogP contribution is 2.18. The van der Waals surface area contributed by atoms with Crippen LogP contribution in [-0.2, 0) is 0 Å². The molecule has 0 aliphatic carbocycles. The van der Waals surface area contributed by atoms with Crippen LogP contribution in [0.1, 0.15) is 26.7 Å². The van der Waals surface area contributed by atoms with Crippen molar-refractivity contribution >= 4 is 11.4 Å². The van der Waals surface area contributed by atoms with E-state index >= 15 is 0 Å². The van der Waals surface area contributed by atoms with Gasteiger partial charge in [0.2, 0.25) is 0 Å².